The Morgan fingerprint density at radius 3 is 2.41 bits per heavy atom. The van der Waals surface area contributed by atoms with Crippen molar-refractivity contribution in [2.75, 3.05) is 38.2 Å². The number of piperazine rings is 1. The molecule has 2 aromatic heterocycles. The Morgan fingerprint density at radius 2 is 1.76 bits per heavy atom. The van der Waals surface area contributed by atoms with Crippen LogP contribution < -0.4 is 20.9 Å². The van der Waals surface area contributed by atoms with E-state index in [1.807, 2.05) is 24.3 Å². The Bertz CT molecular complexity index is 1150. The first-order valence-electron chi connectivity index (χ1n) is 9.33. The molecule has 0 atom stereocenters. The van der Waals surface area contributed by atoms with Gasteiger partial charge in [-0.3, -0.25) is 18.7 Å². The van der Waals surface area contributed by atoms with Crippen LogP contribution in [-0.4, -0.2) is 53.2 Å². The van der Waals surface area contributed by atoms with Crippen LogP contribution in [0.1, 0.15) is 0 Å². The lowest BCUT2D eigenvalue weighted by molar-refractivity contribution is -0.132. The van der Waals surface area contributed by atoms with Crippen molar-refractivity contribution in [2.24, 2.45) is 7.05 Å². The van der Waals surface area contributed by atoms with Crippen LogP contribution in [0.25, 0.3) is 10.2 Å². The van der Waals surface area contributed by atoms with Gasteiger partial charge in [-0.05, 0) is 35.7 Å². The highest BCUT2D eigenvalue weighted by Gasteiger charge is 2.23. The Morgan fingerprint density at radius 1 is 1.07 bits per heavy atom. The van der Waals surface area contributed by atoms with Gasteiger partial charge in [0.25, 0.3) is 5.56 Å². The van der Waals surface area contributed by atoms with Crippen LogP contribution in [0.3, 0.4) is 0 Å². The average Bonchev–Trinajstić information content (AvgIpc) is 3.25. The second-order valence-electron chi connectivity index (χ2n) is 6.93. The summed E-state index contributed by atoms with van der Waals surface area (Å²) in [6, 6.07) is 9.58. The average molecular weight is 414 g/mol. The van der Waals surface area contributed by atoms with Gasteiger partial charge in [-0.2, -0.15) is 0 Å². The molecule has 0 saturated carbocycles. The SMILES string of the molecule is COc1ccc(N2CCN(C(=O)Cn3c(=O)n(C)c(=O)c4sccc43)CC2)cc1. The van der Waals surface area contributed by atoms with Crippen molar-refractivity contribution in [3.63, 3.8) is 0 Å². The maximum absolute atomic E-state index is 12.9. The maximum atomic E-state index is 12.9. The molecule has 3 heterocycles. The number of hydrogen-bond donors (Lipinski definition) is 0. The third kappa shape index (κ3) is 3.53. The van der Waals surface area contributed by atoms with Crippen LogP contribution in [0.2, 0.25) is 0 Å². The number of carbonyl (C=O) groups excluding carboxylic acids is 1. The smallest absolute Gasteiger partial charge is 0.331 e. The highest BCUT2D eigenvalue weighted by molar-refractivity contribution is 7.17. The van der Waals surface area contributed by atoms with E-state index in [0.717, 1.165) is 16.0 Å². The van der Waals surface area contributed by atoms with Crippen molar-refractivity contribution in [3.05, 3.63) is 56.5 Å². The fourth-order valence-electron chi connectivity index (χ4n) is 3.59. The number of benzene rings is 1. The van der Waals surface area contributed by atoms with Gasteiger partial charge in [0.1, 0.15) is 17.0 Å². The number of rotatable bonds is 4. The molecular weight excluding hydrogens is 392 g/mol. The first kappa shape index (κ1) is 19.3. The molecule has 1 aliphatic rings. The number of nitrogens with zero attached hydrogens (tertiary/aromatic N) is 4. The second-order valence-corrected chi connectivity index (χ2v) is 7.85. The van der Waals surface area contributed by atoms with E-state index in [1.54, 1.807) is 23.5 Å². The number of hydrogen-bond acceptors (Lipinski definition) is 6. The summed E-state index contributed by atoms with van der Waals surface area (Å²) in [4.78, 5) is 41.6. The summed E-state index contributed by atoms with van der Waals surface area (Å²) in [6.07, 6.45) is 0. The molecule has 0 radical (unpaired) electrons. The van der Waals surface area contributed by atoms with E-state index in [9.17, 15) is 14.4 Å². The predicted octanol–water partition coefficient (Wildman–Crippen LogP) is 1.12. The minimum Gasteiger partial charge on any atom is -0.497 e. The highest BCUT2D eigenvalue weighted by Crippen LogP contribution is 2.21. The van der Waals surface area contributed by atoms with Crippen LogP contribution in [-0.2, 0) is 18.4 Å². The predicted molar refractivity (Wildman–Crippen MR) is 113 cm³/mol. The summed E-state index contributed by atoms with van der Waals surface area (Å²) >= 11 is 1.28. The number of fused-ring (bicyclic) bond motifs is 1. The number of aromatic nitrogens is 2. The summed E-state index contributed by atoms with van der Waals surface area (Å²) < 4.78 is 8.14. The monoisotopic (exact) mass is 414 g/mol. The van der Waals surface area contributed by atoms with Crippen molar-refractivity contribution in [1.82, 2.24) is 14.0 Å². The minimum atomic E-state index is -0.467. The summed E-state index contributed by atoms with van der Waals surface area (Å²) in [7, 11) is 3.08. The number of amides is 1. The number of carbonyl (C=O) groups is 1. The largest absolute Gasteiger partial charge is 0.497 e. The molecule has 0 unspecified atom stereocenters. The third-order valence-corrected chi connectivity index (χ3v) is 6.21. The van der Waals surface area contributed by atoms with E-state index in [0.29, 0.717) is 36.4 Å². The molecule has 29 heavy (non-hydrogen) atoms. The maximum Gasteiger partial charge on any atom is 0.331 e. The number of thiophene rings is 1. The first-order valence-corrected chi connectivity index (χ1v) is 10.2. The Balaban J connectivity index is 1.47. The zero-order valence-electron chi connectivity index (χ0n) is 16.3. The third-order valence-electron chi connectivity index (χ3n) is 5.32. The van der Waals surface area contributed by atoms with Crippen LogP contribution in [0, 0.1) is 0 Å². The van der Waals surface area contributed by atoms with Gasteiger partial charge >= 0.3 is 5.69 Å². The molecule has 1 aliphatic heterocycles. The zero-order valence-corrected chi connectivity index (χ0v) is 17.1. The van der Waals surface area contributed by atoms with E-state index in [-0.39, 0.29) is 18.0 Å². The van der Waals surface area contributed by atoms with E-state index in [4.69, 9.17) is 4.74 Å². The lowest BCUT2D eigenvalue weighted by Crippen LogP contribution is -2.50. The molecule has 0 spiro atoms. The fourth-order valence-corrected chi connectivity index (χ4v) is 4.46. The Hall–Kier alpha value is -3.07. The van der Waals surface area contributed by atoms with Crippen molar-refractivity contribution >= 4 is 33.1 Å². The Labute approximate surface area is 171 Å². The van der Waals surface area contributed by atoms with Gasteiger partial charge in [0.15, 0.2) is 0 Å². The van der Waals surface area contributed by atoms with Gasteiger partial charge in [-0.25, -0.2) is 4.79 Å². The van der Waals surface area contributed by atoms with Gasteiger partial charge in [0.2, 0.25) is 5.91 Å². The number of ether oxygens (including phenoxy) is 1. The molecule has 1 amide bonds. The van der Waals surface area contributed by atoms with Gasteiger partial charge in [-0.1, -0.05) is 0 Å². The van der Waals surface area contributed by atoms with Crippen molar-refractivity contribution in [2.45, 2.75) is 6.54 Å². The van der Waals surface area contributed by atoms with Crippen LogP contribution in [0.15, 0.2) is 45.3 Å². The standard InChI is InChI=1S/C20H22N4O4S/c1-21-19(26)18-16(7-12-29-18)24(20(21)27)13-17(25)23-10-8-22(9-11-23)14-3-5-15(28-2)6-4-14/h3-7,12H,8-11,13H2,1-2H3. The van der Waals surface area contributed by atoms with Crippen molar-refractivity contribution in [1.29, 1.82) is 0 Å². The topological polar surface area (TPSA) is 76.8 Å². The van der Waals surface area contributed by atoms with E-state index >= 15 is 0 Å². The quantitative estimate of drug-likeness (QED) is 0.640. The van der Waals surface area contributed by atoms with Crippen LogP contribution in [0.5, 0.6) is 5.75 Å². The first-order chi connectivity index (χ1) is 14.0. The molecule has 3 aromatic rings. The fraction of sp³-hybridized carbons (Fsp3) is 0.350. The van der Waals surface area contributed by atoms with E-state index < -0.39 is 5.69 Å². The molecule has 8 nitrogen and oxygen atoms in total. The van der Waals surface area contributed by atoms with Gasteiger partial charge in [0, 0.05) is 38.9 Å². The molecule has 0 aliphatic carbocycles. The number of methoxy groups -OCH3 is 1. The van der Waals surface area contributed by atoms with Crippen LogP contribution >= 0.6 is 11.3 Å². The molecular formula is C20H22N4O4S. The lowest BCUT2D eigenvalue weighted by Gasteiger charge is -2.36. The summed E-state index contributed by atoms with van der Waals surface area (Å²) in [5, 5.41) is 1.76. The minimum absolute atomic E-state index is 0.0667. The van der Waals surface area contributed by atoms with E-state index in [1.165, 1.54) is 23.0 Å². The molecule has 1 aromatic carbocycles. The molecule has 9 heteroatoms. The Kier molecular flexibility index (Phi) is 5.14. The molecule has 152 valence electrons. The van der Waals surface area contributed by atoms with E-state index in [2.05, 4.69) is 4.90 Å². The van der Waals surface area contributed by atoms with Gasteiger partial charge in [0.05, 0.1) is 12.6 Å². The van der Waals surface area contributed by atoms with Crippen molar-refractivity contribution < 1.29 is 9.53 Å². The van der Waals surface area contributed by atoms with Gasteiger partial charge < -0.3 is 14.5 Å². The van der Waals surface area contributed by atoms with Crippen molar-refractivity contribution in [3.8, 4) is 5.75 Å². The highest BCUT2D eigenvalue weighted by atomic mass is 32.1. The second kappa shape index (κ2) is 7.75. The van der Waals surface area contributed by atoms with Gasteiger partial charge in [-0.15, -0.1) is 11.3 Å². The normalized spacial score (nSPS) is 14.4. The molecule has 0 N–H and O–H groups in total. The molecule has 0 bridgehead atoms. The zero-order chi connectivity index (χ0) is 20.5. The lowest BCUT2D eigenvalue weighted by atomic mass is 10.2. The number of anilines is 1. The molecule has 4 rings (SSSR count). The van der Waals surface area contributed by atoms with Crippen LogP contribution in [0.4, 0.5) is 5.69 Å². The summed E-state index contributed by atoms with van der Waals surface area (Å²) in [6.45, 7) is 2.53. The summed E-state index contributed by atoms with van der Waals surface area (Å²) in [5.74, 6) is 0.692. The summed E-state index contributed by atoms with van der Waals surface area (Å²) in [5.41, 5.74) is 0.823. The molecule has 1 fully saturated rings. The molecule has 1 saturated heterocycles.